The van der Waals surface area contributed by atoms with Gasteiger partial charge in [0.05, 0.1) is 11.4 Å². The molecule has 0 spiro atoms. The predicted octanol–water partition coefficient (Wildman–Crippen LogP) is 8.91. The molecule has 4 aromatic rings. The summed E-state index contributed by atoms with van der Waals surface area (Å²) in [5, 5.41) is 4.16. The van der Waals surface area contributed by atoms with Gasteiger partial charge in [-0.3, -0.25) is 0 Å². The molecule has 222 valence electrons. The number of amides is 1. The van der Waals surface area contributed by atoms with Crippen LogP contribution in [0.4, 0.5) is 16.2 Å². The summed E-state index contributed by atoms with van der Waals surface area (Å²) < 4.78 is 14.2. The minimum Gasteiger partial charge on any atom is -0.444 e. The van der Waals surface area contributed by atoms with E-state index in [1.54, 1.807) is 0 Å². The summed E-state index contributed by atoms with van der Waals surface area (Å²) in [6.45, 7) is 16.2. The number of aromatic nitrogens is 2. The third-order valence-electron chi connectivity index (χ3n) is 7.88. The van der Waals surface area contributed by atoms with E-state index in [0.29, 0.717) is 19.0 Å². The average molecular weight is 634 g/mol. The van der Waals surface area contributed by atoms with E-state index in [9.17, 15) is 4.79 Å². The van der Waals surface area contributed by atoms with Crippen LogP contribution in [0.3, 0.4) is 0 Å². The number of anilines is 2. The van der Waals surface area contributed by atoms with E-state index < -0.39 is 5.60 Å². The number of likely N-dealkylation sites (tertiary alicyclic amines) is 1. The molecule has 0 atom stereocenters. The van der Waals surface area contributed by atoms with Gasteiger partial charge in [-0.25, -0.2) is 4.79 Å². The van der Waals surface area contributed by atoms with Crippen LogP contribution in [0.1, 0.15) is 56.2 Å². The number of aryl methyl sites for hydroxylation is 4. The number of ether oxygens (including phenoxy) is 1. The first-order valence-corrected chi connectivity index (χ1v) is 15.4. The van der Waals surface area contributed by atoms with Gasteiger partial charge in [0.15, 0.2) is 0 Å². The maximum atomic E-state index is 12.7. The van der Waals surface area contributed by atoms with Crippen molar-refractivity contribution in [2.75, 3.05) is 24.5 Å². The summed E-state index contributed by atoms with van der Waals surface area (Å²) in [4.78, 5) is 16.9. The molecule has 0 N–H and O–H groups in total. The second-order valence-corrected chi connectivity index (χ2v) is 13.3. The second kappa shape index (κ2) is 12.0. The van der Waals surface area contributed by atoms with Crippen molar-refractivity contribution in [3.8, 4) is 16.8 Å². The number of benzene rings is 2. The quantitative estimate of drug-likeness (QED) is 0.212. The Balaban J connectivity index is 1.44. The minimum absolute atomic E-state index is 0.219. The van der Waals surface area contributed by atoms with Crippen molar-refractivity contribution in [3.63, 3.8) is 0 Å². The molecule has 1 amide bonds. The lowest BCUT2D eigenvalue weighted by Crippen LogP contribution is -2.43. The lowest BCUT2D eigenvalue weighted by atomic mass is 9.95. The number of rotatable bonds is 6. The Bertz CT molecular complexity index is 1550. The molecule has 2 aromatic carbocycles. The normalized spacial score (nSPS) is 14.3. The van der Waals surface area contributed by atoms with Crippen LogP contribution < -0.4 is 4.90 Å². The number of halogens is 1. The molecule has 8 heteroatoms. The van der Waals surface area contributed by atoms with E-state index in [1.807, 2.05) is 39.5 Å². The zero-order valence-electron chi connectivity index (χ0n) is 25.7. The summed E-state index contributed by atoms with van der Waals surface area (Å²) in [7, 11) is 0. The van der Waals surface area contributed by atoms with Gasteiger partial charge in [0.2, 0.25) is 0 Å². The highest BCUT2D eigenvalue weighted by Gasteiger charge is 2.29. The maximum absolute atomic E-state index is 12.7. The number of nitrogens with zero attached hydrogens (tertiary/aromatic N) is 4. The predicted molar refractivity (Wildman–Crippen MR) is 172 cm³/mol. The molecule has 7 nitrogen and oxygen atoms in total. The third kappa shape index (κ3) is 6.59. The van der Waals surface area contributed by atoms with Crippen LogP contribution in [-0.4, -0.2) is 46.0 Å². The van der Waals surface area contributed by atoms with E-state index >= 15 is 0 Å². The fourth-order valence-corrected chi connectivity index (χ4v) is 6.33. The molecule has 0 aliphatic carbocycles. The first-order valence-electron chi connectivity index (χ1n) is 14.6. The van der Waals surface area contributed by atoms with E-state index in [2.05, 4.69) is 99.3 Å². The van der Waals surface area contributed by atoms with Gasteiger partial charge < -0.3 is 23.6 Å². The van der Waals surface area contributed by atoms with Crippen LogP contribution in [0.25, 0.3) is 16.8 Å². The van der Waals surface area contributed by atoms with Crippen LogP contribution in [0.5, 0.6) is 0 Å². The zero-order chi connectivity index (χ0) is 30.2. The number of carbonyl (C=O) groups is 1. The molecule has 5 rings (SSSR count). The zero-order valence-corrected chi connectivity index (χ0v) is 27.3. The van der Waals surface area contributed by atoms with E-state index in [0.717, 1.165) is 63.5 Å². The maximum Gasteiger partial charge on any atom is 0.410 e. The standard InChI is InChI=1S/C34H41BrN4O3/c1-22-12-15-38(20-22)31-11-9-28(19-29(31)35)39(21-26-13-16-37(17-14-26)33(40)41-34(5,6)7)30-10-8-27(18-23(30)2)32-24(3)36-42-25(32)4/h8-12,15,18-20,26H,13-14,16-17,21H2,1-7H3. The smallest absolute Gasteiger partial charge is 0.410 e. The van der Waals surface area contributed by atoms with Gasteiger partial charge >= 0.3 is 6.09 Å². The summed E-state index contributed by atoms with van der Waals surface area (Å²) in [6, 6.07) is 15.3. The van der Waals surface area contributed by atoms with Crippen LogP contribution in [-0.2, 0) is 4.74 Å². The second-order valence-electron chi connectivity index (χ2n) is 12.5. The van der Waals surface area contributed by atoms with Crippen LogP contribution in [0.2, 0.25) is 0 Å². The lowest BCUT2D eigenvalue weighted by molar-refractivity contribution is 0.0187. The number of hydrogen-bond donors (Lipinski definition) is 0. The molecular formula is C34H41BrN4O3. The van der Waals surface area contributed by atoms with Gasteiger partial charge in [0, 0.05) is 53.4 Å². The summed E-state index contributed by atoms with van der Waals surface area (Å²) in [5.41, 5.74) is 8.36. The molecule has 0 unspecified atom stereocenters. The molecule has 0 radical (unpaired) electrons. The Morgan fingerprint density at radius 1 is 1.07 bits per heavy atom. The first-order chi connectivity index (χ1) is 19.9. The molecule has 3 heterocycles. The van der Waals surface area contributed by atoms with E-state index in [1.165, 1.54) is 11.1 Å². The van der Waals surface area contributed by atoms with Crippen molar-refractivity contribution in [2.24, 2.45) is 5.92 Å². The summed E-state index contributed by atoms with van der Waals surface area (Å²) >= 11 is 3.86. The largest absolute Gasteiger partial charge is 0.444 e. The highest BCUT2D eigenvalue weighted by Crippen LogP contribution is 2.37. The monoisotopic (exact) mass is 632 g/mol. The third-order valence-corrected chi connectivity index (χ3v) is 8.51. The molecular weight excluding hydrogens is 592 g/mol. The van der Waals surface area contributed by atoms with Crippen molar-refractivity contribution >= 4 is 33.4 Å². The molecule has 1 saturated heterocycles. The highest BCUT2D eigenvalue weighted by molar-refractivity contribution is 9.10. The Labute approximate surface area is 257 Å². The Kier molecular flexibility index (Phi) is 8.56. The SMILES string of the molecule is Cc1ccn(-c2ccc(N(CC3CCN(C(=O)OC(C)(C)C)CC3)c3ccc(-c4c(C)noc4C)cc3C)cc2Br)c1. The van der Waals surface area contributed by atoms with Crippen molar-refractivity contribution in [1.29, 1.82) is 0 Å². The molecule has 1 aliphatic heterocycles. The van der Waals surface area contributed by atoms with Crippen LogP contribution in [0.15, 0.2) is 63.9 Å². The van der Waals surface area contributed by atoms with E-state index in [-0.39, 0.29) is 6.09 Å². The van der Waals surface area contributed by atoms with Gasteiger partial charge in [0.1, 0.15) is 11.4 Å². The van der Waals surface area contributed by atoms with Gasteiger partial charge in [-0.05, 0) is 136 Å². The molecule has 1 aliphatic rings. The number of piperidine rings is 1. The van der Waals surface area contributed by atoms with Gasteiger partial charge in [-0.15, -0.1) is 0 Å². The lowest BCUT2D eigenvalue weighted by Gasteiger charge is -2.37. The molecule has 0 saturated carbocycles. The average Bonchev–Trinajstić information content (AvgIpc) is 3.50. The number of carbonyl (C=O) groups excluding carboxylic acids is 1. The molecule has 2 aromatic heterocycles. The van der Waals surface area contributed by atoms with Gasteiger partial charge in [0.25, 0.3) is 0 Å². The van der Waals surface area contributed by atoms with Crippen molar-refractivity contribution in [3.05, 3.63) is 81.9 Å². The Morgan fingerprint density at radius 2 is 1.81 bits per heavy atom. The van der Waals surface area contributed by atoms with Gasteiger partial charge in [-0.2, -0.15) is 0 Å². The van der Waals surface area contributed by atoms with Crippen molar-refractivity contribution in [1.82, 2.24) is 14.6 Å². The highest BCUT2D eigenvalue weighted by atomic mass is 79.9. The Hall–Kier alpha value is -3.52. The topological polar surface area (TPSA) is 63.7 Å². The molecule has 1 fully saturated rings. The first kappa shape index (κ1) is 30.0. The van der Waals surface area contributed by atoms with Crippen LogP contribution in [0, 0.1) is 33.6 Å². The molecule has 42 heavy (non-hydrogen) atoms. The van der Waals surface area contributed by atoms with Gasteiger partial charge in [-0.1, -0.05) is 11.2 Å². The minimum atomic E-state index is -0.489. The van der Waals surface area contributed by atoms with Crippen molar-refractivity contribution in [2.45, 2.75) is 66.9 Å². The van der Waals surface area contributed by atoms with Crippen molar-refractivity contribution < 1.29 is 14.1 Å². The van der Waals surface area contributed by atoms with Crippen LogP contribution >= 0.6 is 15.9 Å². The fourth-order valence-electron chi connectivity index (χ4n) is 5.76. The van der Waals surface area contributed by atoms with E-state index in [4.69, 9.17) is 9.26 Å². The summed E-state index contributed by atoms with van der Waals surface area (Å²) in [5.74, 6) is 1.25. The fraction of sp³-hybridized carbons (Fsp3) is 0.412. The Morgan fingerprint density at radius 3 is 2.38 bits per heavy atom. The molecule has 0 bridgehead atoms. The number of hydrogen-bond acceptors (Lipinski definition) is 5. The summed E-state index contributed by atoms with van der Waals surface area (Å²) in [6.07, 6.45) is 5.85.